The highest BCUT2D eigenvalue weighted by Crippen LogP contribution is 2.37. The van der Waals surface area contributed by atoms with Crippen molar-refractivity contribution in [1.29, 1.82) is 0 Å². The maximum absolute atomic E-state index is 13.3. The number of carboxylic acid groups (broad SMARTS) is 1. The Morgan fingerprint density at radius 1 is 0.763 bits per heavy atom. The molecule has 0 aliphatic heterocycles. The third-order valence-electron chi connectivity index (χ3n) is 5.44. The Labute approximate surface area is 223 Å². The van der Waals surface area contributed by atoms with Gasteiger partial charge in [0, 0.05) is 22.3 Å². The van der Waals surface area contributed by atoms with Crippen LogP contribution in [0.5, 0.6) is 5.75 Å². The van der Waals surface area contributed by atoms with E-state index in [4.69, 9.17) is 0 Å². The molecule has 4 rings (SSSR count). The molecule has 8 heteroatoms. The number of amides is 2. The minimum atomic E-state index is -1.30. The lowest BCUT2D eigenvalue weighted by Gasteiger charge is -2.18. The molecule has 4 N–H and O–H groups in total. The van der Waals surface area contributed by atoms with Gasteiger partial charge >= 0.3 is 5.97 Å². The normalized spacial score (nSPS) is 11.6. The molecule has 1 atom stereocenters. The number of nitrogens with one attached hydrogen (secondary N) is 2. The largest absolute Gasteiger partial charge is 0.507 e. The summed E-state index contributed by atoms with van der Waals surface area (Å²) in [4.78, 5) is 37.7. The number of hydrogen-bond donors (Lipinski definition) is 4. The van der Waals surface area contributed by atoms with Gasteiger partial charge in [-0.25, -0.2) is 4.79 Å². The molecule has 4 aromatic rings. The van der Waals surface area contributed by atoms with Crippen LogP contribution in [0.3, 0.4) is 0 Å². The van der Waals surface area contributed by atoms with Crippen LogP contribution in [0.1, 0.15) is 26.7 Å². The number of carboxylic acids is 1. The highest BCUT2D eigenvalue weighted by molar-refractivity contribution is 8.00. The fourth-order valence-electron chi connectivity index (χ4n) is 3.57. The van der Waals surface area contributed by atoms with Crippen LogP contribution >= 0.6 is 11.8 Å². The van der Waals surface area contributed by atoms with Crippen LogP contribution in [-0.2, 0) is 9.59 Å². The van der Waals surface area contributed by atoms with Gasteiger partial charge < -0.3 is 20.8 Å². The van der Waals surface area contributed by atoms with Gasteiger partial charge in [0.2, 0.25) is 11.8 Å². The van der Waals surface area contributed by atoms with E-state index in [2.05, 4.69) is 10.6 Å². The van der Waals surface area contributed by atoms with E-state index in [0.717, 1.165) is 16.0 Å². The number of aromatic carboxylic acids is 1. The van der Waals surface area contributed by atoms with Crippen molar-refractivity contribution in [3.05, 3.63) is 126 Å². The summed E-state index contributed by atoms with van der Waals surface area (Å²) >= 11 is 1.31. The molecule has 4 aromatic carbocycles. The summed E-state index contributed by atoms with van der Waals surface area (Å²) in [6.45, 7) is 0. The van der Waals surface area contributed by atoms with Gasteiger partial charge in [-0.15, -0.1) is 11.8 Å². The van der Waals surface area contributed by atoms with Crippen molar-refractivity contribution in [3.8, 4) is 5.75 Å². The SMILES string of the molecule is O=C(/C=C/c1ccccc1)Nc1ccc(SC(C(=O)Nc2ccc(O)c(C(=O)O)c2)c2ccccc2)cc1. The number of carbonyl (C=O) groups excluding carboxylic acids is 2. The molecule has 0 fully saturated rings. The average Bonchev–Trinajstić information content (AvgIpc) is 2.93. The van der Waals surface area contributed by atoms with Crippen molar-refractivity contribution in [1.82, 2.24) is 0 Å². The Hall–Kier alpha value is -4.82. The molecule has 1 unspecified atom stereocenters. The number of benzene rings is 4. The predicted octanol–water partition coefficient (Wildman–Crippen LogP) is 6.21. The van der Waals surface area contributed by atoms with Gasteiger partial charge in [-0.2, -0.15) is 0 Å². The second-order valence-corrected chi connectivity index (χ2v) is 9.37. The molecule has 38 heavy (non-hydrogen) atoms. The quantitative estimate of drug-likeness (QED) is 0.117. The highest BCUT2D eigenvalue weighted by atomic mass is 32.2. The maximum atomic E-state index is 13.3. The van der Waals surface area contributed by atoms with Crippen molar-refractivity contribution in [2.24, 2.45) is 0 Å². The smallest absolute Gasteiger partial charge is 0.339 e. The molecule has 190 valence electrons. The van der Waals surface area contributed by atoms with Crippen molar-refractivity contribution < 1.29 is 24.6 Å². The first-order valence-corrected chi connectivity index (χ1v) is 12.5. The third kappa shape index (κ3) is 7.11. The van der Waals surface area contributed by atoms with Crippen molar-refractivity contribution in [2.45, 2.75) is 10.1 Å². The minimum Gasteiger partial charge on any atom is -0.507 e. The average molecular weight is 525 g/mol. The fourth-order valence-corrected chi connectivity index (χ4v) is 4.59. The zero-order valence-electron chi connectivity index (χ0n) is 20.1. The van der Waals surface area contributed by atoms with E-state index in [-0.39, 0.29) is 28.8 Å². The van der Waals surface area contributed by atoms with Crippen LogP contribution in [0, 0.1) is 0 Å². The van der Waals surface area contributed by atoms with Crippen LogP contribution in [0.2, 0.25) is 0 Å². The number of thioether (sulfide) groups is 1. The van der Waals surface area contributed by atoms with Gasteiger partial charge in [-0.3, -0.25) is 9.59 Å². The van der Waals surface area contributed by atoms with E-state index in [9.17, 15) is 24.6 Å². The lowest BCUT2D eigenvalue weighted by molar-refractivity contribution is -0.116. The van der Waals surface area contributed by atoms with Gasteiger partial charge in [-0.05, 0) is 59.7 Å². The molecule has 0 saturated heterocycles. The van der Waals surface area contributed by atoms with Crippen LogP contribution in [0.25, 0.3) is 6.08 Å². The number of aromatic hydroxyl groups is 1. The summed E-state index contributed by atoms with van der Waals surface area (Å²) in [5, 5.41) is 23.9. The van der Waals surface area contributed by atoms with Gasteiger partial charge in [0.25, 0.3) is 0 Å². The standard InChI is InChI=1S/C30H24N2O5S/c33-26-17-14-23(19-25(26)30(36)37)32-29(35)28(21-9-5-2-6-10-21)38-24-15-12-22(13-16-24)31-27(34)18-11-20-7-3-1-4-8-20/h1-19,28,33H,(H,31,34)(H,32,35)(H,36,37)/b18-11+. The van der Waals surface area contributed by atoms with E-state index in [1.54, 1.807) is 18.2 Å². The second kappa shape index (κ2) is 12.4. The van der Waals surface area contributed by atoms with E-state index < -0.39 is 11.2 Å². The molecule has 0 spiro atoms. The van der Waals surface area contributed by atoms with Crippen LogP contribution < -0.4 is 10.6 Å². The lowest BCUT2D eigenvalue weighted by Crippen LogP contribution is -2.19. The molecular weight excluding hydrogens is 500 g/mol. The molecule has 2 amide bonds. The summed E-state index contributed by atoms with van der Waals surface area (Å²) in [6.07, 6.45) is 3.20. The number of hydrogen-bond acceptors (Lipinski definition) is 5. The Morgan fingerprint density at radius 3 is 2.05 bits per heavy atom. The zero-order valence-corrected chi connectivity index (χ0v) is 20.9. The molecule has 0 saturated carbocycles. The third-order valence-corrected chi connectivity index (χ3v) is 6.70. The first kappa shape index (κ1) is 26.2. The topological polar surface area (TPSA) is 116 Å². The Kier molecular flexibility index (Phi) is 8.58. The van der Waals surface area contributed by atoms with Crippen LogP contribution in [0.15, 0.2) is 114 Å². The van der Waals surface area contributed by atoms with Crippen molar-refractivity contribution >= 4 is 47.0 Å². The van der Waals surface area contributed by atoms with Crippen LogP contribution in [0.4, 0.5) is 11.4 Å². The summed E-state index contributed by atoms with van der Waals surface area (Å²) in [5.41, 5.74) is 2.25. The second-order valence-electron chi connectivity index (χ2n) is 8.19. The lowest BCUT2D eigenvalue weighted by atomic mass is 10.1. The summed E-state index contributed by atoms with van der Waals surface area (Å²) < 4.78 is 0. The summed E-state index contributed by atoms with van der Waals surface area (Å²) in [6, 6.07) is 29.7. The molecule has 7 nitrogen and oxygen atoms in total. The molecule has 0 bridgehead atoms. The number of rotatable bonds is 9. The Morgan fingerprint density at radius 2 is 1.39 bits per heavy atom. The van der Waals surface area contributed by atoms with Gasteiger partial charge in [-0.1, -0.05) is 60.7 Å². The van der Waals surface area contributed by atoms with Crippen molar-refractivity contribution in [3.63, 3.8) is 0 Å². The number of carbonyl (C=O) groups is 3. The minimum absolute atomic E-state index is 0.258. The van der Waals surface area contributed by atoms with E-state index in [1.807, 2.05) is 72.8 Å². The Bertz CT molecular complexity index is 1460. The first-order chi connectivity index (χ1) is 18.4. The van der Waals surface area contributed by atoms with Gasteiger partial charge in [0.1, 0.15) is 16.6 Å². The summed E-state index contributed by atoms with van der Waals surface area (Å²) in [5.74, 6) is -2.29. The van der Waals surface area contributed by atoms with E-state index in [1.165, 1.54) is 36.0 Å². The zero-order chi connectivity index (χ0) is 26.9. The predicted molar refractivity (Wildman–Crippen MR) is 149 cm³/mol. The summed E-state index contributed by atoms with van der Waals surface area (Å²) in [7, 11) is 0. The van der Waals surface area contributed by atoms with Crippen molar-refractivity contribution in [2.75, 3.05) is 10.6 Å². The Balaban J connectivity index is 1.46. The monoisotopic (exact) mass is 524 g/mol. The van der Waals surface area contributed by atoms with Crippen LogP contribution in [-0.4, -0.2) is 28.0 Å². The number of phenols is 1. The highest BCUT2D eigenvalue weighted by Gasteiger charge is 2.23. The van der Waals surface area contributed by atoms with E-state index in [0.29, 0.717) is 5.69 Å². The molecule has 0 heterocycles. The number of anilines is 2. The molecule has 0 radical (unpaired) electrons. The maximum Gasteiger partial charge on any atom is 0.339 e. The van der Waals surface area contributed by atoms with Gasteiger partial charge in [0.15, 0.2) is 0 Å². The molecule has 0 aliphatic rings. The van der Waals surface area contributed by atoms with Gasteiger partial charge in [0.05, 0.1) is 0 Å². The molecule has 0 aliphatic carbocycles. The fraction of sp³-hybridized carbons (Fsp3) is 0.0333. The first-order valence-electron chi connectivity index (χ1n) is 11.6. The molecular formula is C30H24N2O5S. The van der Waals surface area contributed by atoms with E-state index >= 15 is 0 Å². The molecule has 0 aromatic heterocycles.